The molecule has 0 spiro atoms. The molecule has 52 heavy (non-hydrogen) atoms. The fraction of sp³-hybridized carbons (Fsp3) is 0.171. The number of thioether (sulfide) groups is 1. The van der Waals surface area contributed by atoms with Gasteiger partial charge in [-0.15, -0.1) is 23.1 Å². The maximum atomic E-state index is 13.7. The number of carbonyl (C=O) groups excluding carboxylic acids is 3. The molecule has 0 saturated carbocycles. The van der Waals surface area contributed by atoms with E-state index in [1.54, 1.807) is 66.7 Å². The summed E-state index contributed by atoms with van der Waals surface area (Å²) in [6.45, 7) is 1.94. The van der Waals surface area contributed by atoms with E-state index in [4.69, 9.17) is 23.2 Å². The number of fused-ring (bicyclic) bond motifs is 1. The van der Waals surface area contributed by atoms with E-state index in [1.807, 2.05) is 19.1 Å². The molecule has 5 aromatic rings. The van der Waals surface area contributed by atoms with Gasteiger partial charge in [0.15, 0.2) is 0 Å². The van der Waals surface area contributed by atoms with Gasteiger partial charge in [-0.2, -0.15) is 5.26 Å². The summed E-state index contributed by atoms with van der Waals surface area (Å²) in [5.41, 5.74) is 4.16. The minimum atomic E-state index is -0.576. The molecule has 7 nitrogen and oxygen atoms in total. The van der Waals surface area contributed by atoms with Crippen LogP contribution in [-0.2, 0) is 22.4 Å². The molecule has 3 amide bonds. The fourth-order valence-electron chi connectivity index (χ4n) is 6.06. The average molecular weight is 766 g/mol. The second-order valence-electron chi connectivity index (χ2n) is 12.2. The van der Waals surface area contributed by atoms with E-state index in [2.05, 4.69) is 46.3 Å². The largest absolute Gasteiger partial charge is 0.321 e. The van der Waals surface area contributed by atoms with Gasteiger partial charge in [0.05, 0.1) is 20.9 Å². The highest BCUT2D eigenvalue weighted by Gasteiger charge is 2.29. The number of halogens is 2. The standard InChI is InChI=1S/C41H34Cl2N4O3S2/c1-2-35(40(50)47-41-32(24-44)31-20-19-27(22-36(31)52-41)25-11-5-3-6-12-25)51-30-17-10-16-29(23-30)45-39(49)34(21-28-15-9-18-33(42)37(28)43)46-38(48)26-13-7-4-8-14-26/h3-18,21,23,27,35H,2,19-20,22H2,1H3,(H,45,49)(H,46,48)(H,47,50)/b34-21+. The smallest absolute Gasteiger partial charge is 0.272 e. The third-order valence-corrected chi connectivity index (χ3v) is 12.1. The van der Waals surface area contributed by atoms with Crippen molar-refractivity contribution in [2.45, 2.75) is 48.7 Å². The lowest BCUT2D eigenvalue weighted by molar-refractivity contribution is -0.116. The maximum Gasteiger partial charge on any atom is 0.272 e. The van der Waals surface area contributed by atoms with Gasteiger partial charge in [-0.25, -0.2) is 0 Å². The molecule has 0 bridgehead atoms. The van der Waals surface area contributed by atoms with Crippen molar-refractivity contribution in [1.82, 2.24) is 5.32 Å². The highest BCUT2D eigenvalue weighted by Crippen LogP contribution is 2.42. The summed E-state index contributed by atoms with van der Waals surface area (Å²) in [6.07, 6.45) is 4.61. The predicted molar refractivity (Wildman–Crippen MR) is 212 cm³/mol. The first-order valence-corrected chi connectivity index (χ1v) is 19.2. The number of rotatable bonds is 11. The van der Waals surface area contributed by atoms with Gasteiger partial charge in [-0.3, -0.25) is 14.4 Å². The van der Waals surface area contributed by atoms with E-state index in [0.29, 0.717) is 44.7 Å². The van der Waals surface area contributed by atoms with E-state index in [-0.39, 0.29) is 16.6 Å². The lowest BCUT2D eigenvalue weighted by atomic mass is 9.83. The molecule has 0 saturated heterocycles. The molecular weight excluding hydrogens is 732 g/mol. The van der Waals surface area contributed by atoms with Crippen LogP contribution in [0.15, 0.2) is 114 Å². The van der Waals surface area contributed by atoms with Crippen LogP contribution in [0.3, 0.4) is 0 Å². The molecule has 0 radical (unpaired) electrons. The van der Waals surface area contributed by atoms with Crippen LogP contribution < -0.4 is 16.0 Å². The van der Waals surface area contributed by atoms with Crippen LogP contribution in [0.1, 0.15) is 63.2 Å². The topological polar surface area (TPSA) is 111 Å². The molecule has 1 aromatic heterocycles. The van der Waals surface area contributed by atoms with Gasteiger partial charge in [-0.1, -0.05) is 96.9 Å². The second-order valence-corrected chi connectivity index (χ2v) is 15.3. The lowest BCUT2D eigenvalue weighted by Gasteiger charge is -2.22. The van der Waals surface area contributed by atoms with Gasteiger partial charge < -0.3 is 16.0 Å². The molecule has 1 heterocycles. The van der Waals surface area contributed by atoms with Crippen LogP contribution in [0.2, 0.25) is 10.0 Å². The Bertz CT molecular complexity index is 2180. The quantitative estimate of drug-likeness (QED) is 0.0916. The Morgan fingerprint density at radius 1 is 0.962 bits per heavy atom. The number of benzene rings is 4. The van der Waals surface area contributed by atoms with Crippen molar-refractivity contribution in [1.29, 1.82) is 5.26 Å². The summed E-state index contributed by atoms with van der Waals surface area (Å²) in [4.78, 5) is 42.3. The average Bonchev–Trinajstić information content (AvgIpc) is 3.52. The summed E-state index contributed by atoms with van der Waals surface area (Å²) in [5, 5.41) is 19.4. The normalized spacial score (nSPS) is 14.4. The van der Waals surface area contributed by atoms with Crippen molar-refractivity contribution >= 4 is 80.8 Å². The molecule has 1 aliphatic carbocycles. The molecule has 262 valence electrons. The van der Waals surface area contributed by atoms with Crippen LogP contribution >= 0.6 is 46.3 Å². The maximum absolute atomic E-state index is 13.7. The van der Waals surface area contributed by atoms with E-state index in [9.17, 15) is 19.6 Å². The first-order valence-electron chi connectivity index (χ1n) is 16.7. The van der Waals surface area contributed by atoms with E-state index >= 15 is 0 Å². The molecule has 1 aliphatic rings. The van der Waals surface area contributed by atoms with Crippen molar-refractivity contribution < 1.29 is 14.4 Å². The Kier molecular flexibility index (Phi) is 12.2. The Morgan fingerprint density at radius 3 is 2.42 bits per heavy atom. The van der Waals surface area contributed by atoms with E-state index in [1.165, 1.54) is 34.7 Å². The number of thiophene rings is 1. The number of nitriles is 1. The molecule has 0 fully saturated rings. The molecule has 6 rings (SSSR count). The molecule has 0 aliphatic heterocycles. The lowest BCUT2D eigenvalue weighted by Crippen LogP contribution is -2.30. The molecule has 3 N–H and O–H groups in total. The van der Waals surface area contributed by atoms with Crippen LogP contribution in [-0.4, -0.2) is 23.0 Å². The van der Waals surface area contributed by atoms with Crippen LogP contribution in [0, 0.1) is 11.3 Å². The minimum Gasteiger partial charge on any atom is -0.321 e. The summed E-state index contributed by atoms with van der Waals surface area (Å²) < 4.78 is 0. The Morgan fingerprint density at radius 2 is 1.69 bits per heavy atom. The van der Waals surface area contributed by atoms with Crippen molar-refractivity contribution in [2.24, 2.45) is 0 Å². The summed E-state index contributed by atoms with van der Waals surface area (Å²) in [5.74, 6) is -0.852. The van der Waals surface area contributed by atoms with Gasteiger partial charge in [-0.05, 0) is 90.8 Å². The zero-order valence-corrected chi connectivity index (χ0v) is 31.3. The Labute approximate surface area is 321 Å². The molecule has 4 aromatic carbocycles. The summed E-state index contributed by atoms with van der Waals surface area (Å²) >= 11 is 15.5. The first kappa shape index (κ1) is 36.9. The minimum absolute atomic E-state index is 0.0380. The van der Waals surface area contributed by atoms with Crippen LogP contribution in [0.25, 0.3) is 6.08 Å². The van der Waals surface area contributed by atoms with E-state index in [0.717, 1.165) is 34.6 Å². The number of nitrogens with one attached hydrogen (secondary N) is 3. The highest BCUT2D eigenvalue weighted by molar-refractivity contribution is 8.00. The van der Waals surface area contributed by atoms with Crippen molar-refractivity contribution in [3.63, 3.8) is 0 Å². The number of hydrogen-bond donors (Lipinski definition) is 3. The van der Waals surface area contributed by atoms with Crippen molar-refractivity contribution in [3.05, 3.63) is 152 Å². The predicted octanol–water partition coefficient (Wildman–Crippen LogP) is 10.1. The summed E-state index contributed by atoms with van der Waals surface area (Å²) in [6, 6.07) is 33.5. The van der Waals surface area contributed by atoms with Gasteiger partial charge in [0.1, 0.15) is 16.8 Å². The SMILES string of the molecule is CCC(Sc1cccc(NC(=O)/C(=C\c2cccc(Cl)c2Cl)NC(=O)c2ccccc2)c1)C(=O)Nc1sc2c(c1C#N)CCC(c1ccccc1)C2. The number of carbonyl (C=O) groups is 3. The zero-order valence-electron chi connectivity index (χ0n) is 28.1. The van der Waals surface area contributed by atoms with Crippen LogP contribution in [0.5, 0.6) is 0 Å². The van der Waals surface area contributed by atoms with Crippen LogP contribution in [0.4, 0.5) is 10.7 Å². The number of nitrogens with zero attached hydrogens (tertiary/aromatic N) is 1. The fourth-order valence-corrected chi connectivity index (χ4v) is 8.71. The van der Waals surface area contributed by atoms with Gasteiger partial charge in [0.25, 0.3) is 11.8 Å². The van der Waals surface area contributed by atoms with E-state index < -0.39 is 17.1 Å². The molecular formula is C41H34Cl2N4O3S2. The highest BCUT2D eigenvalue weighted by atomic mass is 35.5. The third-order valence-electron chi connectivity index (χ3n) is 8.73. The zero-order chi connectivity index (χ0) is 36.6. The molecule has 2 unspecified atom stereocenters. The second kappa shape index (κ2) is 17.1. The first-order chi connectivity index (χ1) is 25.2. The van der Waals surface area contributed by atoms with Crippen molar-refractivity contribution in [2.75, 3.05) is 10.6 Å². The monoisotopic (exact) mass is 764 g/mol. The van der Waals surface area contributed by atoms with Gasteiger partial charge in [0.2, 0.25) is 5.91 Å². The molecule has 11 heteroatoms. The Balaban J connectivity index is 1.16. The van der Waals surface area contributed by atoms with Gasteiger partial charge >= 0.3 is 0 Å². The van der Waals surface area contributed by atoms with Crippen molar-refractivity contribution in [3.8, 4) is 6.07 Å². The van der Waals surface area contributed by atoms with Gasteiger partial charge in [0, 0.05) is 21.0 Å². The third kappa shape index (κ3) is 8.77. The Hall–Kier alpha value is -4.85. The molecule has 2 atom stereocenters. The number of anilines is 2. The number of hydrogen-bond acceptors (Lipinski definition) is 6. The number of amides is 3. The summed E-state index contributed by atoms with van der Waals surface area (Å²) in [7, 11) is 0.